The lowest BCUT2D eigenvalue weighted by molar-refractivity contribution is -0.137. The van der Waals surface area contributed by atoms with E-state index in [-0.39, 0.29) is 6.42 Å². The molecule has 0 radical (unpaired) electrons. The maximum Gasteiger partial charge on any atom is 0.303 e. The van der Waals surface area contributed by atoms with Gasteiger partial charge in [-0.05, 0) is 18.6 Å². The summed E-state index contributed by atoms with van der Waals surface area (Å²) in [6, 6.07) is 3.13. The number of carbonyl (C=O) groups is 1. The Morgan fingerprint density at radius 2 is 2.11 bits per heavy atom. The molecule has 0 aliphatic heterocycles. The highest BCUT2D eigenvalue weighted by Gasteiger charge is 2.20. The lowest BCUT2D eigenvalue weighted by Crippen LogP contribution is -2.14. The van der Waals surface area contributed by atoms with Crippen LogP contribution in [0.2, 0.25) is 0 Å². The summed E-state index contributed by atoms with van der Waals surface area (Å²) in [5.41, 5.74) is 6.74. The van der Waals surface area contributed by atoms with Crippen LogP contribution < -0.4 is 15.2 Å². The molecule has 18 heavy (non-hydrogen) atoms. The van der Waals surface area contributed by atoms with Crippen LogP contribution in [0, 0.1) is 0 Å². The van der Waals surface area contributed by atoms with Gasteiger partial charge in [-0.25, -0.2) is 0 Å². The van der Waals surface area contributed by atoms with Crippen LogP contribution in [-0.4, -0.2) is 25.3 Å². The summed E-state index contributed by atoms with van der Waals surface area (Å²) in [5.74, 6) is 0.231. The van der Waals surface area contributed by atoms with Gasteiger partial charge in [0.1, 0.15) is 0 Å². The zero-order valence-corrected chi connectivity index (χ0v) is 11.9. The normalized spacial score (nSPS) is 12.0. The van der Waals surface area contributed by atoms with Crippen molar-refractivity contribution < 1.29 is 19.4 Å². The van der Waals surface area contributed by atoms with Crippen molar-refractivity contribution in [3.05, 3.63) is 22.2 Å². The van der Waals surface area contributed by atoms with E-state index in [4.69, 9.17) is 20.3 Å². The Bertz CT molecular complexity index is 436. The van der Waals surface area contributed by atoms with Crippen molar-refractivity contribution in [2.24, 2.45) is 5.73 Å². The molecule has 0 amide bonds. The van der Waals surface area contributed by atoms with Gasteiger partial charge in [0.2, 0.25) is 0 Å². The standard InChI is InChI=1S/C12H16BrNO4/c1-17-9-5-3-7(13)11(12(9)18-2)8(14)4-6-10(15)16/h3,5,8H,4,6,14H2,1-2H3,(H,15,16). The van der Waals surface area contributed by atoms with Crippen LogP contribution in [0.5, 0.6) is 11.5 Å². The van der Waals surface area contributed by atoms with E-state index in [0.29, 0.717) is 17.9 Å². The van der Waals surface area contributed by atoms with Crippen molar-refractivity contribution in [3.8, 4) is 11.5 Å². The van der Waals surface area contributed by atoms with Gasteiger partial charge < -0.3 is 20.3 Å². The molecular formula is C12H16BrNO4. The fourth-order valence-corrected chi connectivity index (χ4v) is 2.30. The van der Waals surface area contributed by atoms with Crippen molar-refractivity contribution in [1.82, 2.24) is 0 Å². The minimum absolute atomic E-state index is 0.00791. The average Bonchev–Trinajstić information content (AvgIpc) is 2.35. The summed E-state index contributed by atoms with van der Waals surface area (Å²) in [5, 5.41) is 8.68. The van der Waals surface area contributed by atoms with Crippen LogP contribution in [-0.2, 0) is 4.79 Å². The van der Waals surface area contributed by atoms with Gasteiger partial charge in [0.25, 0.3) is 0 Å². The number of carboxylic acid groups (broad SMARTS) is 1. The highest BCUT2D eigenvalue weighted by molar-refractivity contribution is 9.10. The summed E-state index contributed by atoms with van der Waals surface area (Å²) >= 11 is 3.40. The minimum atomic E-state index is -0.872. The monoisotopic (exact) mass is 317 g/mol. The molecule has 1 aromatic carbocycles. The molecular weight excluding hydrogens is 302 g/mol. The molecule has 6 heteroatoms. The summed E-state index contributed by atoms with van der Waals surface area (Å²) in [4.78, 5) is 10.6. The van der Waals surface area contributed by atoms with Crippen molar-refractivity contribution in [2.45, 2.75) is 18.9 Å². The van der Waals surface area contributed by atoms with Gasteiger partial charge in [0.05, 0.1) is 14.2 Å². The number of aliphatic carboxylic acids is 1. The number of nitrogens with two attached hydrogens (primary N) is 1. The molecule has 3 N–H and O–H groups in total. The SMILES string of the molecule is COc1ccc(Br)c(C(N)CCC(=O)O)c1OC. The molecule has 1 rings (SSSR count). The third-order valence-corrected chi connectivity index (χ3v) is 3.26. The van der Waals surface area contributed by atoms with Crippen LogP contribution in [0.4, 0.5) is 0 Å². The lowest BCUT2D eigenvalue weighted by atomic mass is 10.0. The highest BCUT2D eigenvalue weighted by Crippen LogP contribution is 2.40. The van der Waals surface area contributed by atoms with E-state index in [1.165, 1.54) is 14.2 Å². The summed E-state index contributed by atoms with van der Waals surface area (Å²) < 4.78 is 11.3. The van der Waals surface area contributed by atoms with Crippen molar-refractivity contribution >= 4 is 21.9 Å². The molecule has 0 bridgehead atoms. The van der Waals surface area contributed by atoms with E-state index in [1.54, 1.807) is 12.1 Å². The van der Waals surface area contributed by atoms with Gasteiger partial charge >= 0.3 is 5.97 Å². The Morgan fingerprint density at radius 3 is 2.61 bits per heavy atom. The van der Waals surface area contributed by atoms with Crippen molar-refractivity contribution in [1.29, 1.82) is 0 Å². The first-order valence-electron chi connectivity index (χ1n) is 5.39. The zero-order valence-electron chi connectivity index (χ0n) is 10.3. The zero-order chi connectivity index (χ0) is 13.7. The van der Waals surface area contributed by atoms with Gasteiger partial charge in [-0.2, -0.15) is 0 Å². The van der Waals surface area contributed by atoms with Gasteiger partial charge in [-0.15, -0.1) is 0 Å². The van der Waals surface area contributed by atoms with E-state index < -0.39 is 12.0 Å². The molecule has 0 spiro atoms. The Kier molecular flexibility index (Phi) is 5.43. The van der Waals surface area contributed by atoms with E-state index in [9.17, 15) is 4.79 Å². The number of rotatable bonds is 6. The number of methoxy groups -OCH3 is 2. The maximum absolute atomic E-state index is 10.6. The molecule has 0 saturated carbocycles. The van der Waals surface area contributed by atoms with Gasteiger partial charge in [-0.1, -0.05) is 15.9 Å². The van der Waals surface area contributed by atoms with Crippen LogP contribution in [0.3, 0.4) is 0 Å². The molecule has 0 aromatic heterocycles. The molecule has 1 aromatic rings. The second-order valence-electron chi connectivity index (χ2n) is 3.74. The van der Waals surface area contributed by atoms with E-state index in [0.717, 1.165) is 10.0 Å². The molecule has 5 nitrogen and oxygen atoms in total. The number of hydrogen-bond donors (Lipinski definition) is 2. The third-order valence-electron chi connectivity index (χ3n) is 2.57. The van der Waals surface area contributed by atoms with Gasteiger partial charge in [0, 0.05) is 22.5 Å². The number of hydrogen-bond acceptors (Lipinski definition) is 4. The van der Waals surface area contributed by atoms with Gasteiger partial charge in [0.15, 0.2) is 11.5 Å². The van der Waals surface area contributed by atoms with Crippen LogP contribution in [0.15, 0.2) is 16.6 Å². The minimum Gasteiger partial charge on any atom is -0.493 e. The Morgan fingerprint density at radius 1 is 1.44 bits per heavy atom. The second-order valence-corrected chi connectivity index (χ2v) is 4.59. The number of carboxylic acids is 1. The third kappa shape index (κ3) is 3.36. The smallest absolute Gasteiger partial charge is 0.303 e. The van der Waals surface area contributed by atoms with Crippen LogP contribution in [0.1, 0.15) is 24.4 Å². The van der Waals surface area contributed by atoms with E-state index in [2.05, 4.69) is 15.9 Å². The Hall–Kier alpha value is -1.27. The van der Waals surface area contributed by atoms with Gasteiger partial charge in [-0.3, -0.25) is 4.79 Å². The fourth-order valence-electron chi connectivity index (χ4n) is 1.70. The first-order chi connectivity index (χ1) is 8.51. The predicted octanol–water partition coefficient (Wildman–Crippen LogP) is 2.33. The maximum atomic E-state index is 10.6. The number of benzene rings is 1. The predicted molar refractivity (Wildman–Crippen MR) is 71.0 cm³/mol. The Labute approximate surface area is 114 Å². The molecule has 0 fully saturated rings. The second kappa shape index (κ2) is 6.61. The summed E-state index contributed by atoms with van der Waals surface area (Å²) in [7, 11) is 3.07. The molecule has 100 valence electrons. The van der Waals surface area contributed by atoms with Crippen LogP contribution in [0.25, 0.3) is 0 Å². The number of ether oxygens (including phenoxy) is 2. The molecule has 1 atom stereocenters. The largest absolute Gasteiger partial charge is 0.493 e. The Balaban J connectivity index is 3.08. The quantitative estimate of drug-likeness (QED) is 0.841. The van der Waals surface area contributed by atoms with Crippen molar-refractivity contribution in [2.75, 3.05) is 14.2 Å². The van der Waals surface area contributed by atoms with Crippen LogP contribution >= 0.6 is 15.9 Å². The van der Waals surface area contributed by atoms with E-state index >= 15 is 0 Å². The topological polar surface area (TPSA) is 81.8 Å². The lowest BCUT2D eigenvalue weighted by Gasteiger charge is -2.19. The first kappa shape index (κ1) is 14.8. The molecule has 0 saturated heterocycles. The molecule has 0 aliphatic rings. The average molecular weight is 318 g/mol. The molecule has 0 heterocycles. The van der Waals surface area contributed by atoms with E-state index in [1.807, 2.05) is 0 Å². The fraction of sp³-hybridized carbons (Fsp3) is 0.417. The molecule has 1 unspecified atom stereocenters. The summed E-state index contributed by atoms with van der Waals surface area (Å²) in [6.07, 6.45) is 0.339. The summed E-state index contributed by atoms with van der Waals surface area (Å²) in [6.45, 7) is 0. The number of halogens is 1. The first-order valence-corrected chi connectivity index (χ1v) is 6.18. The van der Waals surface area contributed by atoms with Crippen molar-refractivity contribution in [3.63, 3.8) is 0 Å². The highest BCUT2D eigenvalue weighted by atomic mass is 79.9. The molecule has 0 aliphatic carbocycles.